The van der Waals surface area contributed by atoms with Crippen LogP contribution in [0.3, 0.4) is 0 Å². The number of pyridine rings is 1. The summed E-state index contributed by atoms with van der Waals surface area (Å²) in [5, 5.41) is 13.0. The molecule has 1 fully saturated rings. The smallest absolute Gasteiger partial charge is 0.341 e. The van der Waals surface area contributed by atoms with Crippen molar-refractivity contribution in [3.05, 3.63) is 40.2 Å². The van der Waals surface area contributed by atoms with E-state index in [9.17, 15) is 9.59 Å². The van der Waals surface area contributed by atoms with Crippen molar-refractivity contribution in [2.75, 3.05) is 31.1 Å². The molecule has 0 amide bonds. The lowest BCUT2D eigenvalue weighted by Gasteiger charge is -2.29. The second-order valence-corrected chi connectivity index (χ2v) is 4.83. The topological polar surface area (TPSA) is 85.4 Å². The first-order chi connectivity index (χ1) is 9.65. The first kappa shape index (κ1) is 12.7. The van der Waals surface area contributed by atoms with E-state index in [1.165, 1.54) is 6.07 Å². The average molecular weight is 273 g/mol. The number of aromatic nitrogens is 1. The average Bonchev–Trinajstić information content (AvgIpc) is 2.46. The molecule has 20 heavy (non-hydrogen) atoms. The molecule has 1 aromatic carbocycles. The Balaban J connectivity index is 2.05. The molecule has 0 spiro atoms. The van der Waals surface area contributed by atoms with E-state index in [1.54, 1.807) is 0 Å². The summed E-state index contributed by atoms with van der Waals surface area (Å²) >= 11 is 0. The second-order valence-electron chi connectivity index (χ2n) is 4.83. The molecule has 0 radical (unpaired) electrons. The fraction of sp³-hybridized carbons (Fsp3) is 0.286. The van der Waals surface area contributed by atoms with Gasteiger partial charge in [0.2, 0.25) is 0 Å². The summed E-state index contributed by atoms with van der Waals surface area (Å²) in [5.74, 6) is -1.21. The number of carboxylic acids is 1. The fourth-order valence-corrected chi connectivity index (χ4v) is 2.47. The Morgan fingerprint density at radius 2 is 1.95 bits per heavy atom. The Hall–Kier alpha value is -2.34. The number of anilines is 1. The lowest BCUT2D eigenvalue weighted by atomic mass is 10.1. The molecule has 0 atom stereocenters. The number of nitrogens with zero attached hydrogens (tertiary/aromatic N) is 1. The Bertz CT molecular complexity index is 717. The molecule has 0 bridgehead atoms. The number of benzene rings is 1. The standard InChI is InChI=1S/C14H15N3O3/c18-13-11(14(19)20)7-9-1-2-10(8-12(9)16-13)17-5-3-15-4-6-17/h1-2,7-8,15H,3-6H2,(H,16,18)(H,19,20). The molecule has 1 saturated heterocycles. The number of fused-ring (bicyclic) bond motifs is 1. The van der Waals surface area contributed by atoms with E-state index in [2.05, 4.69) is 15.2 Å². The van der Waals surface area contributed by atoms with Gasteiger partial charge in [0.15, 0.2) is 0 Å². The van der Waals surface area contributed by atoms with Gasteiger partial charge in [0.1, 0.15) is 5.56 Å². The molecule has 1 aliphatic heterocycles. The molecule has 0 aliphatic carbocycles. The first-order valence-electron chi connectivity index (χ1n) is 6.51. The number of piperazine rings is 1. The van der Waals surface area contributed by atoms with Crippen molar-refractivity contribution >= 4 is 22.6 Å². The molecule has 2 heterocycles. The quantitative estimate of drug-likeness (QED) is 0.747. The maximum atomic E-state index is 11.7. The minimum atomic E-state index is -1.21. The van der Waals surface area contributed by atoms with Gasteiger partial charge in [0, 0.05) is 31.9 Å². The van der Waals surface area contributed by atoms with Crippen molar-refractivity contribution in [2.45, 2.75) is 0 Å². The maximum Gasteiger partial charge on any atom is 0.341 e. The summed E-state index contributed by atoms with van der Waals surface area (Å²) in [5.41, 5.74) is 0.906. The monoisotopic (exact) mass is 273 g/mol. The minimum absolute atomic E-state index is 0.229. The molecule has 1 aromatic heterocycles. The van der Waals surface area contributed by atoms with Crippen LogP contribution in [-0.2, 0) is 0 Å². The van der Waals surface area contributed by atoms with E-state index >= 15 is 0 Å². The SMILES string of the molecule is O=C(O)c1cc2ccc(N3CCNCC3)cc2[nH]c1=O. The van der Waals surface area contributed by atoms with Gasteiger partial charge < -0.3 is 20.3 Å². The van der Waals surface area contributed by atoms with Crippen molar-refractivity contribution in [1.29, 1.82) is 0 Å². The van der Waals surface area contributed by atoms with Crippen LogP contribution in [0.15, 0.2) is 29.1 Å². The lowest BCUT2D eigenvalue weighted by molar-refractivity contribution is 0.0695. The number of hydrogen-bond acceptors (Lipinski definition) is 4. The van der Waals surface area contributed by atoms with Gasteiger partial charge in [-0.1, -0.05) is 6.07 Å². The number of H-pyrrole nitrogens is 1. The molecule has 3 rings (SSSR count). The predicted octanol–water partition coefficient (Wildman–Crippen LogP) is 0.636. The van der Waals surface area contributed by atoms with Crippen LogP contribution in [0.2, 0.25) is 0 Å². The molecule has 6 heteroatoms. The summed E-state index contributed by atoms with van der Waals surface area (Å²) in [4.78, 5) is 27.5. The van der Waals surface area contributed by atoms with Crippen molar-refractivity contribution in [1.82, 2.24) is 10.3 Å². The third kappa shape index (κ3) is 2.25. The minimum Gasteiger partial charge on any atom is -0.477 e. The maximum absolute atomic E-state index is 11.7. The molecule has 6 nitrogen and oxygen atoms in total. The number of nitrogens with one attached hydrogen (secondary N) is 2. The van der Waals surface area contributed by atoms with Crippen LogP contribution in [0.1, 0.15) is 10.4 Å². The Kier molecular flexibility index (Phi) is 3.15. The molecular formula is C14H15N3O3. The normalized spacial score (nSPS) is 15.5. The molecule has 104 valence electrons. The predicted molar refractivity (Wildman–Crippen MR) is 76.6 cm³/mol. The van der Waals surface area contributed by atoms with Gasteiger partial charge in [-0.25, -0.2) is 4.79 Å². The van der Waals surface area contributed by atoms with Gasteiger partial charge in [0.05, 0.1) is 5.52 Å². The van der Waals surface area contributed by atoms with E-state index in [0.29, 0.717) is 5.52 Å². The summed E-state index contributed by atoms with van der Waals surface area (Å²) in [6.45, 7) is 3.71. The highest BCUT2D eigenvalue weighted by Gasteiger charge is 2.13. The molecular weight excluding hydrogens is 258 g/mol. The molecule has 1 aliphatic rings. The zero-order chi connectivity index (χ0) is 14.1. The van der Waals surface area contributed by atoms with Crippen molar-refractivity contribution in [3.63, 3.8) is 0 Å². The van der Waals surface area contributed by atoms with Crippen LogP contribution in [0.25, 0.3) is 10.9 Å². The largest absolute Gasteiger partial charge is 0.477 e. The van der Waals surface area contributed by atoms with Gasteiger partial charge in [-0.3, -0.25) is 4.79 Å². The number of aromatic amines is 1. The van der Waals surface area contributed by atoms with Crippen LogP contribution < -0.4 is 15.8 Å². The van der Waals surface area contributed by atoms with Crippen LogP contribution in [0.4, 0.5) is 5.69 Å². The lowest BCUT2D eigenvalue weighted by Crippen LogP contribution is -2.43. The van der Waals surface area contributed by atoms with Gasteiger partial charge in [-0.2, -0.15) is 0 Å². The van der Waals surface area contributed by atoms with E-state index < -0.39 is 11.5 Å². The molecule has 0 saturated carbocycles. The van der Waals surface area contributed by atoms with Gasteiger partial charge in [0.25, 0.3) is 5.56 Å². The number of carbonyl (C=O) groups is 1. The van der Waals surface area contributed by atoms with Gasteiger partial charge in [-0.15, -0.1) is 0 Å². The fourth-order valence-electron chi connectivity index (χ4n) is 2.47. The van der Waals surface area contributed by atoms with Crippen LogP contribution >= 0.6 is 0 Å². The molecule has 2 aromatic rings. The van der Waals surface area contributed by atoms with Crippen molar-refractivity contribution in [2.24, 2.45) is 0 Å². The summed E-state index contributed by atoms with van der Waals surface area (Å²) in [6.07, 6.45) is 0. The van der Waals surface area contributed by atoms with Crippen LogP contribution in [0, 0.1) is 0 Å². The number of hydrogen-bond donors (Lipinski definition) is 3. The second kappa shape index (κ2) is 4.97. The van der Waals surface area contributed by atoms with Crippen molar-refractivity contribution < 1.29 is 9.90 Å². The molecule has 0 unspecified atom stereocenters. The Morgan fingerprint density at radius 1 is 1.20 bits per heavy atom. The third-order valence-corrected chi connectivity index (χ3v) is 3.54. The van der Waals surface area contributed by atoms with Crippen LogP contribution in [0.5, 0.6) is 0 Å². The zero-order valence-electron chi connectivity index (χ0n) is 10.8. The Morgan fingerprint density at radius 3 is 2.65 bits per heavy atom. The van der Waals surface area contributed by atoms with E-state index in [-0.39, 0.29) is 5.56 Å². The van der Waals surface area contributed by atoms with Crippen molar-refractivity contribution in [3.8, 4) is 0 Å². The highest BCUT2D eigenvalue weighted by molar-refractivity contribution is 5.93. The third-order valence-electron chi connectivity index (χ3n) is 3.54. The number of carboxylic acid groups (broad SMARTS) is 1. The number of rotatable bonds is 2. The van der Waals surface area contributed by atoms with Crippen LogP contribution in [-0.4, -0.2) is 42.2 Å². The first-order valence-corrected chi connectivity index (χ1v) is 6.51. The summed E-state index contributed by atoms with van der Waals surface area (Å²) in [7, 11) is 0. The zero-order valence-corrected chi connectivity index (χ0v) is 10.8. The highest BCUT2D eigenvalue weighted by atomic mass is 16.4. The Labute approximate surface area is 115 Å². The van der Waals surface area contributed by atoms with E-state index in [4.69, 9.17) is 5.11 Å². The number of aromatic carboxylic acids is 1. The van der Waals surface area contributed by atoms with E-state index in [0.717, 1.165) is 37.3 Å². The van der Waals surface area contributed by atoms with Gasteiger partial charge >= 0.3 is 5.97 Å². The highest BCUT2D eigenvalue weighted by Crippen LogP contribution is 2.21. The van der Waals surface area contributed by atoms with E-state index in [1.807, 2.05) is 18.2 Å². The molecule has 3 N–H and O–H groups in total. The summed E-state index contributed by atoms with van der Waals surface area (Å²) in [6, 6.07) is 7.11. The van der Waals surface area contributed by atoms with Gasteiger partial charge in [-0.05, 0) is 23.6 Å². The summed E-state index contributed by atoms with van der Waals surface area (Å²) < 4.78 is 0.